The van der Waals surface area contributed by atoms with E-state index in [0.29, 0.717) is 12.3 Å². The number of aromatic hydroxyl groups is 1. The van der Waals surface area contributed by atoms with Crippen molar-refractivity contribution in [1.82, 2.24) is 0 Å². The minimum atomic E-state index is -0.132. The molecule has 1 aromatic carbocycles. The van der Waals surface area contributed by atoms with E-state index in [2.05, 4.69) is 13.8 Å². The number of nitrogens with two attached hydrogens (primary N) is 1. The molecule has 1 rings (SSSR count). The number of ether oxygens (including phenoxy) is 1. The van der Waals surface area contributed by atoms with Crippen LogP contribution in [0.1, 0.15) is 25.8 Å². The summed E-state index contributed by atoms with van der Waals surface area (Å²) >= 11 is 0. The lowest BCUT2D eigenvalue weighted by Gasteiger charge is -2.25. The van der Waals surface area contributed by atoms with Gasteiger partial charge in [0.2, 0.25) is 0 Å². The summed E-state index contributed by atoms with van der Waals surface area (Å²) in [6, 6.07) is 5.27. The van der Waals surface area contributed by atoms with Gasteiger partial charge in [0.05, 0.1) is 7.11 Å². The first-order valence-electron chi connectivity index (χ1n) is 5.09. The summed E-state index contributed by atoms with van der Waals surface area (Å²) in [7, 11) is 1.62. The predicted octanol–water partition coefficient (Wildman–Crippen LogP) is 2.03. The molecule has 0 saturated heterocycles. The summed E-state index contributed by atoms with van der Waals surface area (Å²) in [5, 5.41) is 9.80. The summed E-state index contributed by atoms with van der Waals surface area (Å²) in [6.45, 7) is 4.73. The predicted molar refractivity (Wildman–Crippen MR) is 61.4 cm³/mol. The zero-order valence-corrected chi connectivity index (χ0v) is 9.58. The Labute approximate surface area is 90.9 Å². The van der Waals surface area contributed by atoms with Crippen LogP contribution >= 0.6 is 0 Å². The van der Waals surface area contributed by atoms with Gasteiger partial charge in [-0.2, -0.15) is 0 Å². The SMILES string of the molecule is COc1ccc(O)c(C(C)(C)CCN)c1. The Morgan fingerprint density at radius 1 is 1.40 bits per heavy atom. The molecule has 84 valence electrons. The van der Waals surface area contributed by atoms with Crippen LogP contribution in [0.15, 0.2) is 18.2 Å². The molecule has 1 aromatic rings. The van der Waals surface area contributed by atoms with Crippen molar-refractivity contribution in [3.05, 3.63) is 23.8 Å². The first-order valence-corrected chi connectivity index (χ1v) is 5.09. The fourth-order valence-corrected chi connectivity index (χ4v) is 1.68. The Morgan fingerprint density at radius 2 is 2.07 bits per heavy atom. The van der Waals surface area contributed by atoms with Crippen molar-refractivity contribution in [3.63, 3.8) is 0 Å². The van der Waals surface area contributed by atoms with E-state index in [1.807, 2.05) is 6.07 Å². The summed E-state index contributed by atoms with van der Waals surface area (Å²) < 4.78 is 5.14. The highest BCUT2D eigenvalue weighted by Crippen LogP contribution is 2.35. The van der Waals surface area contributed by atoms with Crippen LogP contribution in [0.3, 0.4) is 0 Å². The summed E-state index contributed by atoms with van der Waals surface area (Å²) in [6.07, 6.45) is 0.827. The molecule has 0 aromatic heterocycles. The van der Waals surface area contributed by atoms with E-state index in [1.165, 1.54) is 0 Å². The molecule has 0 fully saturated rings. The van der Waals surface area contributed by atoms with Crippen LogP contribution in [0, 0.1) is 0 Å². The molecule has 3 N–H and O–H groups in total. The number of rotatable bonds is 4. The fraction of sp³-hybridized carbons (Fsp3) is 0.500. The van der Waals surface area contributed by atoms with Crippen LogP contribution in [-0.4, -0.2) is 18.8 Å². The van der Waals surface area contributed by atoms with Crippen LogP contribution in [0.2, 0.25) is 0 Å². The van der Waals surface area contributed by atoms with Gasteiger partial charge < -0.3 is 15.6 Å². The van der Waals surface area contributed by atoms with Crippen molar-refractivity contribution >= 4 is 0 Å². The van der Waals surface area contributed by atoms with E-state index in [9.17, 15) is 5.11 Å². The lowest BCUT2D eigenvalue weighted by Crippen LogP contribution is -2.21. The highest BCUT2D eigenvalue weighted by Gasteiger charge is 2.23. The molecule has 0 saturated carbocycles. The standard InChI is InChI=1S/C12H19NO2/c1-12(2,6-7-13)10-8-9(15-3)4-5-11(10)14/h4-5,8,14H,6-7,13H2,1-3H3. The Morgan fingerprint density at radius 3 is 2.60 bits per heavy atom. The molecular weight excluding hydrogens is 190 g/mol. The lowest BCUT2D eigenvalue weighted by atomic mass is 9.81. The second-order valence-electron chi connectivity index (χ2n) is 4.31. The van der Waals surface area contributed by atoms with Crippen molar-refractivity contribution in [1.29, 1.82) is 0 Å². The van der Waals surface area contributed by atoms with Gasteiger partial charge >= 0.3 is 0 Å². The number of methoxy groups -OCH3 is 1. The maximum Gasteiger partial charge on any atom is 0.119 e. The summed E-state index contributed by atoms with van der Waals surface area (Å²) in [4.78, 5) is 0. The lowest BCUT2D eigenvalue weighted by molar-refractivity contribution is 0.398. The molecule has 0 radical (unpaired) electrons. The second kappa shape index (κ2) is 4.53. The molecular formula is C12H19NO2. The zero-order valence-electron chi connectivity index (χ0n) is 9.58. The first kappa shape index (κ1) is 11.9. The molecule has 0 atom stereocenters. The first-order chi connectivity index (χ1) is 7.01. The van der Waals surface area contributed by atoms with Crippen molar-refractivity contribution in [3.8, 4) is 11.5 Å². The minimum Gasteiger partial charge on any atom is -0.508 e. The molecule has 0 amide bonds. The molecule has 3 heteroatoms. The van der Waals surface area contributed by atoms with Gasteiger partial charge in [-0.3, -0.25) is 0 Å². The maximum atomic E-state index is 9.80. The average Bonchev–Trinajstić information content (AvgIpc) is 2.18. The normalized spacial score (nSPS) is 11.5. The quantitative estimate of drug-likeness (QED) is 0.797. The number of hydrogen-bond donors (Lipinski definition) is 2. The van der Waals surface area contributed by atoms with Crippen molar-refractivity contribution in [2.75, 3.05) is 13.7 Å². The van der Waals surface area contributed by atoms with Crippen LogP contribution in [0.5, 0.6) is 11.5 Å². The largest absolute Gasteiger partial charge is 0.508 e. The fourth-order valence-electron chi connectivity index (χ4n) is 1.68. The van der Waals surface area contributed by atoms with Gasteiger partial charge in [-0.05, 0) is 36.6 Å². The number of phenols is 1. The molecule has 0 spiro atoms. The third kappa shape index (κ3) is 2.63. The molecule has 0 aliphatic rings. The van der Waals surface area contributed by atoms with E-state index in [1.54, 1.807) is 19.2 Å². The van der Waals surface area contributed by atoms with Crippen LogP contribution in [-0.2, 0) is 5.41 Å². The molecule has 0 heterocycles. The Balaban J connectivity index is 3.11. The van der Waals surface area contributed by atoms with Gasteiger partial charge in [-0.1, -0.05) is 13.8 Å². The number of phenolic OH excluding ortho intramolecular Hbond substituents is 1. The molecule has 15 heavy (non-hydrogen) atoms. The van der Waals surface area contributed by atoms with E-state index in [0.717, 1.165) is 17.7 Å². The Kier molecular flexibility index (Phi) is 3.58. The van der Waals surface area contributed by atoms with E-state index >= 15 is 0 Å². The van der Waals surface area contributed by atoms with E-state index in [-0.39, 0.29) is 5.41 Å². The van der Waals surface area contributed by atoms with Gasteiger partial charge in [-0.25, -0.2) is 0 Å². The van der Waals surface area contributed by atoms with Gasteiger partial charge in [0, 0.05) is 5.56 Å². The van der Waals surface area contributed by atoms with Gasteiger partial charge in [0.25, 0.3) is 0 Å². The zero-order chi connectivity index (χ0) is 11.5. The maximum absolute atomic E-state index is 9.80. The second-order valence-corrected chi connectivity index (χ2v) is 4.31. The molecule has 0 bridgehead atoms. The third-order valence-corrected chi connectivity index (χ3v) is 2.70. The molecule has 0 unspecified atom stereocenters. The smallest absolute Gasteiger partial charge is 0.119 e. The highest BCUT2D eigenvalue weighted by molar-refractivity contribution is 5.43. The topological polar surface area (TPSA) is 55.5 Å². The Bertz CT molecular complexity index is 334. The summed E-state index contributed by atoms with van der Waals surface area (Å²) in [5.41, 5.74) is 6.31. The minimum absolute atomic E-state index is 0.132. The molecule has 0 aliphatic heterocycles. The van der Waals surface area contributed by atoms with Gasteiger partial charge in [0.15, 0.2) is 0 Å². The van der Waals surface area contributed by atoms with Crippen LogP contribution in [0.25, 0.3) is 0 Å². The van der Waals surface area contributed by atoms with Crippen molar-refractivity contribution in [2.24, 2.45) is 5.73 Å². The average molecular weight is 209 g/mol. The van der Waals surface area contributed by atoms with Crippen molar-refractivity contribution < 1.29 is 9.84 Å². The van der Waals surface area contributed by atoms with E-state index < -0.39 is 0 Å². The monoisotopic (exact) mass is 209 g/mol. The van der Waals surface area contributed by atoms with Crippen LogP contribution in [0.4, 0.5) is 0 Å². The van der Waals surface area contributed by atoms with Gasteiger partial charge in [-0.15, -0.1) is 0 Å². The molecule has 3 nitrogen and oxygen atoms in total. The van der Waals surface area contributed by atoms with Crippen molar-refractivity contribution in [2.45, 2.75) is 25.7 Å². The Hall–Kier alpha value is -1.22. The van der Waals surface area contributed by atoms with Gasteiger partial charge in [0.1, 0.15) is 11.5 Å². The number of hydrogen-bond acceptors (Lipinski definition) is 3. The third-order valence-electron chi connectivity index (χ3n) is 2.70. The van der Waals surface area contributed by atoms with E-state index in [4.69, 9.17) is 10.5 Å². The summed E-state index contributed by atoms with van der Waals surface area (Å²) in [5.74, 6) is 1.06. The van der Waals surface area contributed by atoms with Crippen LogP contribution < -0.4 is 10.5 Å². The molecule has 0 aliphatic carbocycles. The number of benzene rings is 1. The highest BCUT2D eigenvalue weighted by atomic mass is 16.5.